The van der Waals surface area contributed by atoms with Gasteiger partial charge in [0.05, 0.1) is 24.5 Å². The maximum absolute atomic E-state index is 13.1. The van der Waals surface area contributed by atoms with E-state index in [0.29, 0.717) is 44.8 Å². The molecular weight excluding hydrogens is 416 g/mol. The number of fused-ring (bicyclic) bond motifs is 1. The highest BCUT2D eigenvalue weighted by Gasteiger charge is 2.31. The first-order chi connectivity index (χ1) is 16.2. The summed E-state index contributed by atoms with van der Waals surface area (Å²) in [4.78, 5) is 37.6. The third kappa shape index (κ3) is 4.64. The molecule has 33 heavy (non-hydrogen) atoms. The van der Waals surface area contributed by atoms with Crippen LogP contribution in [0.2, 0.25) is 0 Å². The van der Waals surface area contributed by atoms with Crippen LogP contribution in [0.15, 0.2) is 48.8 Å². The number of likely N-dealkylation sites (tertiary alicyclic amines) is 1. The van der Waals surface area contributed by atoms with E-state index < -0.39 is 0 Å². The second-order valence-corrected chi connectivity index (χ2v) is 8.88. The first-order valence-electron chi connectivity index (χ1n) is 11.9. The largest absolute Gasteiger partial charge is 0.378 e. The Hall–Kier alpha value is -3.19. The average Bonchev–Trinajstić information content (AvgIpc) is 3.52. The third-order valence-electron chi connectivity index (χ3n) is 6.81. The molecule has 0 bridgehead atoms. The van der Waals surface area contributed by atoms with Crippen molar-refractivity contribution in [1.29, 1.82) is 0 Å². The lowest BCUT2D eigenvalue weighted by molar-refractivity contribution is -0.130. The molecule has 0 spiro atoms. The Kier molecular flexibility index (Phi) is 6.39. The number of aromatic amines is 1. The van der Waals surface area contributed by atoms with Crippen molar-refractivity contribution in [2.75, 3.05) is 39.4 Å². The summed E-state index contributed by atoms with van der Waals surface area (Å²) in [5, 5.41) is 1.24. The zero-order chi connectivity index (χ0) is 22.6. The summed E-state index contributed by atoms with van der Waals surface area (Å²) in [6.07, 6.45) is 6.88. The lowest BCUT2D eigenvalue weighted by atomic mass is 9.98. The third-order valence-corrected chi connectivity index (χ3v) is 6.81. The van der Waals surface area contributed by atoms with E-state index >= 15 is 0 Å². The van der Waals surface area contributed by atoms with Gasteiger partial charge in [0.2, 0.25) is 5.91 Å². The normalized spacial score (nSPS) is 18.7. The van der Waals surface area contributed by atoms with Gasteiger partial charge in [0.15, 0.2) is 0 Å². The van der Waals surface area contributed by atoms with Crippen molar-refractivity contribution in [3.05, 3.63) is 65.6 Å². The summed E-state index contributed by atoms with van der Waals surface area (Å²) >= 11 is 0. The number of morpholine rings is 1. The number of amides is 2. The molecule has 2 amide bonds. The van der Waals surface area contributed by atoms with Gasteiger partial charge in [-0.2, -0.15) is 0 Å². The van der Waals surface area contributed by atoms with Gasteiger partial charge in [-0.25, -0.2) is 0 Å². The number of pyridine rings is 1. The van der Waals surface area contributed by atoms with Crippen LogP contribution in [-0.4, -0.2) is 71.0 Å². The zero-order valence-electron chi connectivity index (χ0n) is 18.8. The van der Waals surface area contributed by atoms with Crippen LogP contribution in [0.4, 0.5) is 0 Å². The number of rotatable bonds is 6. The van der Waals surface area contributed by atoms with Crippen molar-refractivity contribution >= 4 is 22.7 Å². The van der Waals surface area contributed by atoms with Gasteiger partial charge in [-0.3, -0.25) is 14.6 Å². The molecule has 2 aliphatic heterocycles. The van der Waals surface area contributed by atoms with Crippen molar-refractivity contribution in [2.24, 2.45) is 0 Å². The highest BCUT2D eigenvalue weighted by molar-refractivity contribution is 5.95. The molecule has 3 aromatic rings. The Morgan fingerprint density at radius 1 is 1.06 bits per heavy atom. The van der Waals surface area contributed by atoms with Crippen molar-refractivity contribution in [2.45, 2.75) is 31.6 Å². The summed E-state index contributed by atoms with van der Waals surface area (Å²) in [6, 6.07) is 12.0. The van der Waals surface area contributed by atoms with E-state index in [9.17, 15) is 9.59 Å². The molecule has 0 radical (unpaired) electrons. The Morgan fingerprint density at radius 2 is 1.91 bits per heavy atom. The Morgan fingerprint density at radius 3 is 2.79 bits per heavy atom. The molecule has 0 aliphatic carbocycles. The zero-order valence-corrected chi connectivity index (χ0v) is 18.8. The van der Waals surface area contributed by atoms with Crippen molar-refractivity contribution in [1.82, 2.24) is 19.8 Å². The topological polar surface area (TPSA) is 78.5 Å². The van der Waals surface area contributed by atoms with Gasteiger partial charge in [0, 0.05) is 61.8 Å². The molecule has 4 heterocycles. The average molecular weight is 447 g/mol. The van der Waals surface area contributed by atoms with E-state index in [1.807, 2.05) is 34.1 Å². The molecular formula is C26H30N4O3. The monoisotopic (exact) mass is 446 g/mol. The number of carbonyl (C=O) groups excluding carboxylic acids is 2. The number of hydrogen-bond donors (Lipinski definition) is 1. The molecule has 172 valence electrons. The molecule has 7 nitrogen and oxygen atoms in total. The smallest absolute Gasteiger partial charge is 0.255 e. The molecule has 7 heteroatoms. The van der Waals surface area contributed by atoms with Gasteiger partial charge < -0.3 is 19.5 Å². The van der Waals surface area contributed by atoms with E-state index in [4.69, 9.17) is 4.74 Å². The maximum atomic E-state index is 13.1. The number of hydrogen-bond acceptors (Lipinski definition) is 4. The van der Waals surface area contributed by atoms with Crippen LogP contribution < -0.4 is 0 Å². The fourth-order valence-electron chi connectivity index (χ4n) is 5.00. The number of aromatic nitrogens is 2. The van der Waals surface area contributed by atoms with Crippen LogP contribution in [0.3, 0.4) is 0 Å². The molecule has 1 N–H and O–H groups in total. The van der Waals surface area contributed by atoms with Gasteiger partial charge in [0.25, 0.3) is 5.91 Å². The fraction of sp³-hybridized carbons (Fsp3) is 0.423. The van der Waals surface area contributed by atoms with Crippen LogP contribution in [0.5, 0.6) is 0 Å². The van der Waals surface area contributed by atoms with Gasteiger partial charge in [0.1, 0.15) is 0 Å². The summed E-state index contributed by atoms with van der Waals surface area (Å²) in [5.74, 6) is 0.308. The number of para-hydroxylation sites is 1. The fourth-order valence-corrected chi connectivity index (χ4v) is 5.00. The van der Waals surface area contributed by atoms with Gasteiger partial charge in [-0.15, -0.1) is 0 Å². The van der Waals surface area contributed by atoms with Crippen LogP contribution in [0.25, 0.3) is 10.9 Å². The molecule has 2 saturated heterocycles. The number of nitrogens with one attached hydrogen (secondary N) is 1. The van der Waals surface area contributed by atoms with E-state index in [-0.39, 0.29) is 17.7 Å². The molecule has 1 atom stereocenters. The highest BCUT2D eigenvalue weighted by Crippen LogP contribution is 2.29. The summed E-state index contributed by atoms with van der Waals surface area (Å²) < 4.78 is 5.38. The number of benzene rings is 1. The van der Waals surface area contributed by atoms with Gasteiger partial charge in [-0.1, -0.05) is 18.2 Å². The quantitative estimate of drug-likeness (QED) is 0.630. The highest BCUT2D eigenvalue weighted by atomic mass is 16.5. The van der Waals surface area contributed by atoms with Crippen LogP contribution >= 0.6 is 0 Å². The van der Waals surface area contributed by atoms with Crippen molar-refractivity contribution in [3.63, 3.8) is 0 Å². The van der Waals surface area contributed by atoms with E-state index in [1.165, 1.54) is 10.9 Å². The molecule has 2 fully saturated rings. The minimum atomic E-state index is 0.0184. The summed E-state index contributed by atoms with van der Waals surface area (Å²) in [5.41, 5.74) is 3.89. The first kappa shape index (κ1) is 21.6. The second kappa shape index (κ2) is 9.75. The van der Waals surface area contributed by atoms with Gasteiger partial charge >= 0.3 is 0 Å². The lowest BCUT2D eigenvalue weighted by Gasteiger charge is -2.28. The van der Waals surface area contributed by atoms with Crippen molar-refractivity contribution < 1.29 is 14.3 Å². The Labute approximate surface area is 193 Å². The first-order valence-corrected chi connectivity index (χ1v) is 11.9. The lowest BCUT2D eigenvalue weighted by Crippen LogP contribution is -2.41. The number of aryl methyl sites for hydroxylation is 1. The molecule has 1 unspecified atom stereocenters. The van der Waals surface area contributed by atoms with E-state index in [2.05, 4.69) is 28.3 Å². The molecule has 0 saturated carbocycles. The SMILES string of the molecule is O=C(CCCc1c[nH]c2ccccc12)N1CCC(c2ncccc2C(=O)N2CCOCC2)C1. The Bertz CT molecular complexity index is 1140. The molecule has 1 aromatic carbocycles. The minimum absolute atomic E-state index is 0.0184. The number of H-pyrrole nitrogens is 1. The predicted molar refractivity (Wildman–Crippen MR) is 126 cm³/mol. The predicted octanol–water partition coefficient (Wildman–Crippen LogP) is 3.37. The van der Waals surface area contributed by atoms with E-state index in [0.717, 1.165) is 37.0 Å². The van der Waals surface area contributed by atoms with Crippen LogP contribution in [0.1, 0.15) is 46.8 Å². The maximum Gasteiger partial charge on any atom is 0.255 e. The summed E-state index contributed by atoms with van der Waals surface area (Å²) in [7, 11) is 0. The number of carbonyl (C=O) groups is 2. The Balaban J connectivity index is 1.18. The summed E-state index contributed by atoms with van der Waals surface area (Å²) in [6.45, 7) is 3.72. The standard InChI is InChI=1S/C26H30N4O3/c31-24(9-3-5-19-17-28-23-8-2-1-6-21(19)23)30-12-10-20(18-30)25-22(7-4-11-27-25)26(32)29-13-15-33-16-14-29/h1-2,4,6-8,11,17,20,28H,3,5,9-10,12-16,18H2. The van der Waals surface area contributed by atoms with Crippen molar-refractivity contribution in [3.8, 4) is 0 Å². The number of ether oxygens (including phenoxy) is 1. The minimum Gasteiger partial charge on any atom is -0.378 e. The molecule has 2 aromatic heterocycles. The van der Waals surface area contributed by atoms with Crippen LogP contribution in [-0.2, 0) is 16.0 Å². The molecule has 2 aliphatic rings. The van der Waals surface area contributed by atoms with Gasteiger partial charge in [-0.05, 0) is 43.0 Å². The second-order valence-electron chi connectivity index (χ2n) is 8.88. The molecule has 5 rings (SSSR count). The van der Waals surface area contributed by atoms with E-state index in [1.54, 1.807) is 6.20 Å². The van der Waals surface area contributed by atoms with Crippen LogP contribution in [0, 0.1) is 0 Å². The number of nitrogens with zero attached hydrogens (tertiary/aromatic N) is 3.